The van der Waals surface area contributed by atoms with Crippen molar-refractivity contribution in [3.05, 3.63) is 34.9 Å². The van der Waals surface area contributed by atoms with Crippen molar-refractivity contribution < 1.29 is 23.9 Å². The molecule has 0 spiro atoms. The van der Waals surface area contributed by atoms with Gasteiger partial charge in [-0.1, -0.05) is 6.07 Å². The van der Waals surface area contributed by atoms with Crippen LogP contribution >= 0.6 is 0 Å². The summed E-state index contributed by atoms with van der Waals surface area (Å²) in [6, 6.07) is 5.90. The van der Waals surface area contributed by atoms with Crippen LogP contribution in [0.4, 0.5) is 4.79 Å². The quantitative estimate of drug-likeness (QED) is 0.547. The van der Waals surface area contributed by atoms with Crippen LogP contribution < -0.4 is 11.1 Å². The van der Waals surface area contributed by atoms with Gasteiger partial charge in [0.2, 0.25) is 17.7 Å². The molecular formula is C29H36N6O5. The van der Waals surface area contributed by atoms with Crippen molar-refractivity contribution in [1.82, 2.24) is 20.0 Å². The van der Waals surface area contributed by atoms with Gasteiger partial charge in [-0.15, -0.1) is 0 Å². The Balaban J connectivity index is 1.18. The number of likely N-dealkylation sites (tertiary alicyclic amines) is 3. The summed E-state index contributed by atoms with van der Waals surface area (Å²) >= 11 is 0. The van der Waals surface area contributed by atoms with E-state index in [1.165, 1.54) is 0 Å². The van der Waals surface area contributed by atoms with Crippen molar-refractivity contribution in [2.75, 3.05) is 13.1 Å². The number of nitrogens with one attached hydrogen (secondary N) is 1. The Labute approximate surface area is 233 Å². The summed E-state index contributed by atoms with van der Waals surface area (Å²) in [6.07, 6.45) is 3.08. The number of ether oxygens (including phenoxy) is 1. The molecule has 3 aliphatic heterocycles. The molecule has 7 atom stereocenters. The first kappa shape index (κ1) is 26.6. The van der Waals surface area contributed by atoms with Crippen LogP contribution in [0, 0.1) is 17.2 Å². The van der Waals surface area contributed by atoms with Crippen LogP contribution in [-0.2, 0) is 20.7 Å². The largest absolute Gasteiger partial charge is 0.444 e. The zero-order valence-electron chi connectivity index (χ0n) is 23.1. The Kier molecular flexibility index (Phi) is 6.29. The van der Waals surface area contributed by atoms with Gasteiger partial charge < -0.3 is 25.6 Å². The molecule has 11 heteroatoms. The normalized spacial score (nSPS) is 31.0. The molecule has 0 unspecified atom stereocenters. The summed E-state index contributed by atoms with van der Waals surface area (Å²) in [5.41, 5.74) is 7.31. The molecule has 4 fully saturated rings. The van der Waals surface area contributed by atoms with Gasteiger partial charge in [0.1, 0.15) is 17.7 Å². The number of piperidine rings is 1. The fraction of sp³-hybridized carbons (Fsp3) is 0.621. The number of nitrogens with zero attached hydrogens (tertiary/aromatic N) is 4. The number of amides is 4. The summed E-state index contributed by atoms with van der Waals surface area (Å²) in [5.74, 6) is -0.379. The van der Waals surface area contributed by atoms with Crippen LogP contribution in [-0.4, -0.2) is 87.4 Å². The molecule has 3 saturated heterocycles. The number of rotatable bonds is 6. The van der Waals surface area contributed by atoms with E-state index in [0.29, 0.717) is 30.9 Å². The molecule has 11 nitrogen and oxygen atoms in total. The molecule has 1 aromatic rings. The van der Waals surface area contributed by atoms with Crippen LogP contribution in [0.2, 0.25) is 0 Å². The Hall–Kier alpha value is -3.65. The first-order chi connectivity index (χ1) is 18.9. The molecule has 1 aromatic carbocycles. The fourth-order valence-electron chi connectivity index (χ4n) is 7.28. The third-order valence-corrected chi connectivity index (χ3v) is 9.04. The summed E-state index contributed by atoms with van der Waals surface area (Å²) in [4.78, 5) is 57.4. The lowest BCUT2D eigenvalue weighted by Crippen LogP contribution is -2.59. The summed E-state index contributed by atoms with van der Waals surface area (Å²) in [5, 5.41) is 12.4. The molecule has 1 saturated carbocycles. The van der Waals surface area contributed by atoms with Gasteiger partial charge in [0.25, 0.3) is 0 Å². The zero-order chi connectivity index (χ0) is 28.5. The second-order valence-electron chi connectivity index (χ2n) is 12.8. The summed E-state index contributed by atoms with van der Waals surface area (Å²) in [7, 11) is 0. The minimum atomic E-state index is -0.926. The number of carbonyl (C=O) groups is 4. The molecule has 0 aromatic heterocycles. The van der Waals surface area contributed by atoms with E-state index in [4.69, 9.17) is 10.5 Å². The third-order valence-electron chi connectivity index (χ3n) is 9.04. The van der Waals surface area contributed by atoms with Crippen LogP contribution in [0.15, 0.2) is 18.2 Å². The van der Waals surface area contributed by atoms with E-state index >= 15 is 0 Å². The average Bonchev–Trinajstić information content (AvgIpc) is 3.22. The Bertz CT molecular complexity index is 1320. The van der Waals surface area contributed by atoms with E-state index in [0.717, 1.165) is 30.4 Å². The molecule has 6 rings (SSSR count). The van der Waals surface area contributed by atoms with Gasteiger partial charge in [-0.3, -0.25) is 19.3 Å². The van der Waals surface area contributed by atoms with E-state index in [-0.39, 0.29) is 42.5 Å². The lowest BCUT2D eigenvalue weighted by molar-refractivity contribution is -0.141. The maximum absolute atomic E-state index is 13.8. The highest BCUT2D eigenvalue weighted by Crippen LogP contribution is 2.48. The topological polar surface area (TPSA) is 149 Å². The van der Waals surface area contributed by atoms with Crippen LogP contribution in [0.1, 0.15) is 74.0 Å². The van der Waals surface area contributed by atoms with Crippen molar-refractivity contribution in [2.45, 2.75) is 94.7 Å². The summed E-state index contributed by atoms with van der Waals surface area (Å²) in [6.45, 7) is 6.04. The number of fused-ring (bicyclic) bond motifs is 4. The molecule has 40 heavy (non-hydrogen) atoms. The van der Waals surface area contributed by atoms with E-state index in [9.17, 15) is 24.4 Å². The van der Waals surface area contributed by atoms with Gasteiger partial charge in [0, 0.05) is 30.7 Å². The number of nitrogens with two attached hydrogens (primary N) is 1. The van der Waals surface area contributed by atoms with Crippen molar-refractivity contribution >= 4 is 23.8 Å². The lowest BCUT2D eigenvalue weighted by Gasteiger charge is -2.39. The Morgan fingerprint density at radius 1 is 1.20 bits per heavy atom. The molecule has 3 heterocycles. The van der Waals surface area contributed by atoms with Gasteiger partial charge in [-0.2, -0.15) is 5.26 Å². The number of nitriles is 1. The van der Waals surface area contributed by atoms with Crippen molar-refractivity contribution in [2.24, 2.45) is 11.7 Å². The summed E-state index contributed by atoms with van der Waals surface area (Å²) < 4.78 is 5.45. The van der Waals surface area contributed by atoms with E-state index in [1.54, 1.807) is 31.7 Å². The number of carbonyl (C=O) groups excluding carboxylic acids is 4. The second-order valence-corrected chi connectivity index (χ2v) is 12.8. The number of hydrogen-bond acceptors (Lipinski definition) is 7. The standard InChI is InChI=1S/C29H36N6O5/c1-29(2,3)40-28(39)32-21(26(37)34-18(12-30)9-17-10-23(17)34)14-33-13-19-11-24(33)27(38)35(19)22-7-5-15-8-16(25(31)36)4-6-20(15)22/h4,6,8,17-19,21-24H,5,7,9-11,13-14H2,1-3H3,(H2,31,36)(H,32,39)/t17-,18+,19+,21+,22-,23+,24+/m1/s1. The first-order valence-corrected chi connectivity index (χ1v) is 14.2. The molecule has 3 N–H and O–H groups in total. The second kappa shape index (κ2) is 9.47. The highest BCUT2D eigenvalue weighted by atomic mass is 16.6. The SMILES string of the molecule is CC(C)(C)OC(=O)N[C@@H](CN1C[C@@H]2C[C@H]1C(=O)N2[C@@H]1CCc2cc(C(N)=O)ccc21)C(=O)N1[C@H](C#N)C[C@@H]2C[C@@H]21. The number of piperazine rings is 1. The first-order valence-electron chi connectivity index (χ1n) is 14.2. The molecular weight excluding hydrogens is 512 g/mol. The Morgan fingerprint density at radius 3 is 2.65 bits per heavy atom. The van der Waals surface area contributed by atoms with Crippen LogP contribution in [0.3, 0.4) is 0 Å². The van der Waals surface area contributed by atoms with E-state index < -0.39 is 29.7 Å². The van der Waals surface area contributed by atoms with Gasteiger partial charge in [-0.25, -0.2) is 4.79 Å². The molecule has 2 bridgehead atoms. The zero-order valence-corrected chi connectivity index (χ0v) is 23.1. The van der Waals surface area contributed by atoms with E-state index in [1.807, 2.05) is 21.9 Å². The van der Waals surface area contributed by atoms with Crippen LogP contribution in [0.5, 0.6) is 0 Å². The molecule has 5 aliphatic rings. The highest BCUT2D eigenvalue weighted by Gasteiger charge is 2.57. The third kappa shape index (κ3) is 4.58. The molecule has 4 amide bonds. The highest BCUT2D eigenvalue weighted by molar-refractivity contribution is 5.93. The van der Waals surface area contributed by atoms with Gasteiger partial charge >= 0.3 is 6.09 Å². The average molecular weight is 549 g/mol. The van der Waals surface area contributed by atoms with Gasteiger partial charge in [0.05, 0.1) is 18.2 Å². The maximum atomic E-state index is 13.8. The fourth-order valence-corrected chi connectivity index (χ4v) is 7.28. The minimum absolute atomic E-state index is 0.00648. The van der Waals surface area contributed by atoms with E-state index in [2.05, 4.69) is 11.4 Å². The molecule has 212 valence electrons. The van der Waals surface area contributed by atoms with Crippen LogP contribution in [0.25, 0.3) is 0 Å². The Morgan fingerprint density at radius 2 is 1.98 bits per heavy atom. The predicted molar refractivity (Wildman–Crippen MR) is 143 cm³/mol. The molecule has 2 aliphatic carbocycles. The van der Waals surface area contributed by atoms with Gasteiger partial charge in [-0.05, 0) is 82.1 Å². The smallest absolute Gasteiger partial charge is 0.408 e. The van der Waals surface area contributed by atoms with Crippen molar-refractivity contribution in [1.29, 1.82) is 5.26 Å². The maximum Gasteiger partial charge on any atom is 0.408 e. The van der Waals surface area contributed by atoms with Gasteiger partial charge in [0.15, 0.2) is 0 Å². The number of benzene rings is 1. The monoisotopic (exact) mass is 548 g/mol. The molecule has 0 radical (unpaired) electrons. The predicted octanol–water partition coefficient (Wildman–Crippen LogP) is 1.46. The minimum Gasteiger partial charge on any atom is -0.444 e. The number of primary amides is 1. The number of alkyl carbamates (subject to hydrolysis) is 1. The number of aryl methyl sites for hydroxylation is 1. The van der Waals surface area contributed by atoms with Crippen molar-refractivity contribution in [3.8, 4) is 6.07 Å². The lowest BCUT2D eigenvalue weighted by atomic mass is 10.0. The number of hydrogen-bond donors (Lipinski definition) is 2. The van der Waals surface area contributed by atoms with Crippen molar-refractivity contribution in [3.63, 3.8) is 0 Å².